The van der Waals surface area contributed by atoms with Crippen LogP contribution in [0.3, 0.4) is 0 Å². The van der Waals surface area contributed by atoms with Gasteiger partial charge in [0.15, 0.2) is 12.6 Å². The Morgan fingerprint density at radius 1 is 1.62 bits per heavy atom. The molecule has 0 unspecified atom stereocenters. The second-order valence-corrected chi connectivity index (χ2v) is 2.44. The summed E-state index contributed by atoms with van der Waals surface area (Å²) in [5, 5.41) is 8.42. The fraction of sp³-hybridized carbons (Fsp3) is 0.500. The van der Waals surface area contributed by atoms with Crippen LogP contribution in [0.5, 0.6) is 0 Å². The molecule has 0 amide bonds. The van der Waals surface area contributed by atoms with Gasteiger partial charge in [0.25, 0.3) is 0 Å². The highest BCUT2D eigenvalue weighted by atomic mass is 16.5. The standard InChI is InChI=1S/C8H11NO4/c1-2-5-13-7(10)4-3-6(9)8(11)12/h1,6H,3-5,9H2,(H,11,12)/p+1/t6-/m0/s1. The highest BCUT2D eigenvalue weighted by molar-refractivity contribution is 5.74. The molecule has 0 fully saturated rings. The number of carboxylic acids is 1. The number of terminal acetylenes is 1. The molecule has 0 aliphatic carbocycles. The molecule has 72 valence electrons. The van der Waals surface area contributed by atoms with E-state index < -0.39 is 18.0 Å². The lowest BCUT2D eigenvalue weighted by molar-refractivity contribution is -0.408. The first kappa shape index (κ1) is 11.5. The number of carboxylic acid groups (broad SMARTS) is 1. The monoisotopic (exact) mass is 186 g/mol. The first-order chi connectivity index (χ1) is 6.07. The third-order valence-corrected chi connectivity index (χ3v) is 1.36. The fourth-order valence-electron chi connectivity index (χ4n) is 0.610. The van der Waals surface area contributed by atoms with Crippen LogP contribution in [-0.2, 0) is 14.3 Å². The molecule has 0 aliphatic heterocycles. The fourth-order valence-corrected chi connectivity index (χ4v) is 0.610. The van der Waals surface area contributed by atoms with Gasteiger partial charge in [0, 0.05) is 6.42 Å². The molecule has 5 nitrogen and oxygen atoms in total. The Bertz CT molecular complexity index is 231. The van der Waals surface area contributed by atoms with Gasteiger partial charge in [-0.2, -0.15) is 0 Å². The van der Waals surface area contributed by atoms with Gasteiger partial charge in [0.05, 0.1) is 6.42 Å². The van der Waals surface area contributed by atoms with Crippen molar-refractivity contribution in [1.29, 1.82) is 0 Å². The number of carbonyl (C=O) groups excluding carboxylic acids is 1. The summed E-state index contributed by atoms with van der Waals surface area (Å²) in [6, 6.07) is -0.779. The van der Waals surface area contributed by atoms with Gasteiger partial charge in [-0.3, -0.25) is 4.79 Å². The number of hydrogen-bond acceptors (Lipinski definition) is 3. The summed E-state index contributed by atoms with van der Waals surface area (Å²) < 4.78 is 4.53. The zero-order valence-electron chi connectivity index (χ0n) is 7.16. The molecule has 0 saturated heterocycles. The van der Waals surface area contributed by atoms with Gasteiger partial charge in [-0.1, -0.05) is 5.92 Å². The second-order valence-electron chi connectivity index (χ2n) is 2.44. The van der Waals surface area contributed by atoms with Crippen molar-refractivity contribution >= 4 is 11.9 Å². The minimum Gasteiger partial charge on any atom is -0.477 e. The van der Waals surface area contributed by atoms with Gasteiger partial charge in [-0.25, -0.2) is 4.79 Å². The van der Waals surface area contributed by atoms with Gasteiger partial charge in [-0.05, 0) is 0 Å². The summed E-state index contributed by atoms with van der Waals surface area (Å²) in [5.74, 6) is 0.618. The highest BCUT2D eigenvalue weighted by Gasteiger charge is 2.17. The molecule has 5 heteroatoms. The van der Waals surface area contributed by atoms with Crippen molar-refractivity contribution in [3.05, 3.63) is 0 Å². The highest BCUT2D eigenvalue weighted by Crippen LogP contribution is 1.95. The predicted octanol–water partition coefficient (Wildman–Crippen LogP) is -1.36. The maximum absolute atomic E-state index is 10.8. The molecule has 0 heterocycles. The molecule has 0 spiro atoms. The van der Waals surface area contributed by atoms with E-state index in [9.17, 15) is 9.59 Å². The predicted molar refractivity (Wildman–Crippen MR) is 43.3 cm³/mol. The minimum absolute atomic E-state index is 0.0299. The maximum atomic E-state index is 10.8. The van der Waals surface area contributed by atoms with Gasteiger partial charge in [0.2, 0.25) is 0 Å². The Hall–Kier alpha value is -1.54. The Kier molecular flexibility index (Phi) is 5.32. The number of carbonyl (C=O) groups is 2. The molecule has 0 radical (unpaired) electrons. The quantitative estimate of drug-likeness (QED) is 0.409. The van der Waals surface area contributed by atoms with Crippen molar-refractivity contribution in [3.63, 3.8) is 0 Å². The van der Waals surface area contributed by atoms with Crippen LogP contribution in [0.2, 0.25) is 0 Å². The first-order valence-corrected chi connectivity index (χ1v) is 3.73. The average Bonchev–Trinajstić information content (AvgIpc) is 2.10. The smallest absolute Gasteiger partial charge is 0.362 e. The lowest BCUT2D eigenvalue weighted by atomic mass is 10.2. The van der Waals surface area contributed by atoms with E-state index in [0.717, 1.165) is 0 Å². The van der Waals surface area contributed by atoms with Crippen molar-refractivity contribution in [2.45, 2.75) is 18.9 Å². The van der Waals surface area contributed by atoms with E-state index in [2.05, 4.69) is 16.4 Å². The van der Waals surface area contributed by atoms with Crippen molar-refractivity contribution < 1.29 is 25.2 Å². The van der Waals surface area contributed by atoms with Crippen molar-refractivity contribution in [1.82, 2.24) is 0 Å². The van der Waals surface area contributed by atoms with E-state index in [1.165, 1.54) is 0 Å². The second kappa shape index (κ2) is 6.03. The molecule has 1 atom stereocenters. The number of hydrogen-bond donors (Lipinski definition) is 2. The van der Waals surface area contributed by atoms with E-state index >= 15 is 0 Å². The summed E-state index contributed by atoms with van der Waals surface area (Å²) in [6.07, 6.45) is 5.04. The zero-order chi connectivity index (χ0) is 10.3. The van der Waals surface area contributed by atoms with Crippen LogP contribution in [0, 0.1) is 12.3 Å². The van der Waals surface area contributed by atoms with Crippen LogP contribution in [0.4, 0.5) is 0 Å². The topological polar surface area (TPSA) is 91.2 Å². The molecule has 0 bridgehead atoms. The first-order valence-electron chi connectivity index (χ1n) is 3.73. The average molecular weight is 186 g/mol. The molecule has 0 aliphatic rings. The number of rotatable bonds is 5. The number of ether oxygens (including phenoxy) is 1. The van der Waals surface area contributed by atoms with E-state index in [4.69, 9.17) is 11.5 Å². The van der Waals surface area contributed by atoms with Gasteiger partial charge < -0.3 is 15.6 Å². The number of esters is 1. The van der Waals surface area contributed by atoms with E-state index in [0.29, 0.717) is 0 Å². The summed E-state index contributed by atoms with van der Waals surface area (Å²) in [6.45, 7) is -0.0757. The summed E-state index contributed by atoms with van der Waals surface area (Å²) in [5.41, 5.74) is 3.34. The van der Waals surface area contributed by atoms with Gasteiger partial charge in [0.1, 0.15) is 0 Å². The number of quaternary nitrogens is 1. The van der Waals surface area contributed by atoms with E-state index in [-0.39, 0.29) is 19.4 Å². The molecule has 0 aromatic heterocycles. The molecule has 0 saturated carbocycles. The summed E-state index contributed by atoms with van der Waals surface area (Å²) in [7, 11) is 0. The third-order valence-electron chi connectivity index (χ3n) is 1.36. The van der Waals surface area contributed by atoms with Crippen molar-refractivity contribution in [2.75, 3.05) is 6.61 Å². The van der Waals surface area contributed by atoms with Crippen LogP contribution in [0.25, 0.3) is 0 Å². The Labute approximate surface area is 75.9 Å². The van der Waals surface area contributed by atoms with Crippen molar-refractivity contribution in [3.8, 4) is 12.3 Å². The van der Waals surface area contributed by atoms with Crippen LogP contribution < -0.4 is 5.73 Å². The normalized spacial score (nSPS) is 11.4. The van der Waals surface area contributed by atoms with Gasteiger partial charge in [-0.15, -0.1) is 6.42 Å². The Morgan fingerprint density at radius 2 is 2.23 bits per heavy atom. The van der Waals surface area contributed by atoms with Gasteiger partial charge >= 0.3 is 11.9 Å². The molecule has 4 N–H and O–H groups in total. The minimum atomic E-state index is -1.02. The SMILES string of the molecule is C#CCOC(=O)CC[C@H]([NH3+])C(=O)O. The number of aliphatic carboxylic acids is 1. The van der Waals surface area contributed by atoms with E-state index in [1.807, 2.05) is 0 Å². The molecule has 0 aromatic rings. The molecular formula is C8H12NO4+. The van der Waals surface area contributed by atoms with Crippen LogP contribution in [-0.4, -0.2) is 29.7 Å². The van der Waals surface area contributed by atoms with Crippen molar-refractivity contribution in [2.24, 2.45) is 0 Å². The van der Waals surface area contributed by atoms with Crippen LogP contribution >= 0.6 is 0 Å². The van der Waals surface area contributed by atoms with Crippen LogP contribution in [0.15, 0.2) is 0 Å². The maximum Gasteiger partial charge on any atom is 0.362 e. The Morgan fingerprint density at radius 3 is 2.69 bits per heavy atom. The molecule has 13 heavy (non-hydrogen) atoms. The molecule has 0 rings (SSSR count). The van der Waals surface area contributed by atoms with E-state index in [1.54, 1.807) is 0 Å². The van der Waals surface area contributed by atoms with Crippen LogP contribution in [0.1, 0.15) is 12.8 Å². The molecule has 0 aromatic carbocycles. The zero-order valence-corrected chi connectivity index (χ0v) is 7.16. The largest absolute Gasteiger partial charge is 0.477 e. The Balaban J connectivity index is 3.59. The lowest BCUT2D eigenvalue weighted by Crippen LogP contribution is -2.64. The summed E-state index contributed by atoms with van der Waals surface area (Å²) >= 11 is 0. The third kappa shape index (κ3) is 5.70. The lowest BCUT2D eigenvalue weighted by Gasteiger charge is -2.02. The molecular weight excluding hydrogens is 174 g/mol. The summed E-state index contributed by atoms with van der Waals surface area (Å²) in [4.78, 5) is 21.1.